The van der Waals surface area contributed by atoms with Gasteiger partial charge in [-0.05, 0) is 12.1 Å². The topological polar surface area (TPSA) is 99.8 Å². The Hall–Kier alpha value is -2.70. The lowest BCUT2D eigenvalue weighted by Gasteiger charge is -2.01. The van der Waals surface area contributed by atoms with E-state index in [9.17, 15) is 4.79 Å². The van der Waals surface area contributed by atoms with Crippen molar-refractivity contribution in [3.8, 4) is 11.5 Å². The molecule has 0 fully saturated rings. The normalized spacial score (nSPS) is 10.9. The molecule has 90 valence electrons. The molecule has 0 bridgehead atoms. The van der Waals surface area contributed by atoms with E-state index in [0.29, 0.717) is 22.6 Å². The van der Waals surface area contributed by atoms with E-state index in [4.69, 9.17) is 10.2 Å². The summed E-state index contributed by atoms with van der Waals surface area (Å²) in [5.41, 5.74) is 6.97. The van der Waals surface area contributed by atoms with Crippen LogP contribution in [0.15, 0.2) is 29.1 Å². The lowest BCUT2D eigenvalue weighted by Crippen LogP contribution is -2.06. The van der Waals surface area contributed by atoms with Crippen LogP contribution in [0.4, 0.5) is 5.95 Å². The molecule has 7 nitrogen and oxygen atoms in total. The molecule has 0 aliphatic rings. The summed E-state index contributed by atoms with van der Waals surface area (Å²) in [7, 11) is 0. The molecular weight excluding hydrogens is 234 g/mol. The Bertz CT molecular complexity index is 729. The number of hydrogen-bond donors (Lipinski definition) is 1. The summed E-state index contributed by atoms with van der Waals surface area (Å²) < 4.78 is 6.59. The standard InChI is InChI=1S/C11H9N5O2/c1-6(17)16-5-13-9-8(7-3-2-4-18-7)14-11(12)15-10(9)16/h2-5H,1H3,(H2,12,14,15). The molecular formula is C11H9N5O2. The Kier molecular flexibility index (Phi) is 2.12. The SMILES string of the molecule is CC(=O)n1cnc2c(-c3ccco3)nc(N)nc21. The minimum absolute atomic E-state index is 0.0666. The van der Waals surface area contributed by atoms with Crippen LogP contribution in [0.25, 0.3) is 22.6 Å². The van der Waals surface area contributed by atoms with Gasteiger partial charge in [-0.25, -0.2) is 9.97 Å². The van der Waals surface area contributed by atoms with Gasteiger partial charge in [0.1, 0.15) is 17.5 Å². The molecule has 3 heterocycles. The Morgan fingerprint density at radius 2 is 2.28 bits per heavy atom. The summed E-state index contributed by atoms with van der Waals surface area (Å²) >= 11 is 0. The highest BCUT2D eigenvalue weighted by Gasteiger charge is 2.16. The number of furan rings is 1. The smallest absolute Gasteiger partial charge is 0.230 e. The highest BCUT2D eigenvalue weighted by atomic mass is 16.3. The Balaban J connectivity index is 2.36. The second kappa shape index (κ2) is 3.66. The molecule has 0 saturated carbocycles. The second-order valence-corrected chi connectivity index (χ2v) is 3.71. The number of hydrogen-bond acceptors (Lipinski definition) is 6. The van der Waals surface area contributed by atoms with Crippen molar-refractivity contribution in [2.24, 2.45) is 0 Å². The number of carbonyl (C=O) groups is 1. The van der Waals surface area contributed by atoms with Gasteiger partial charge in [0.15, 0.2) is 11.4 Å². The summed E-state index contributed by atoms with van der Waals surface area (Å²) in [6.45, 7) is 1.42. The van der Waals surface area contributed by atoms with E-state index in [1.165, 1.54) is 24.1 Å². The maximum absolute atomic E-state index is 11.4. The summed E-state index contributed by atoms with van der Waals surface area (Å²) in [4.78, 5) is 23.7. The van der Waals surface area contributed by atoms with Crippen LogP contribution in [0.2, 0.25) is 0 Å². The molecule has 7 heteroatoms. The van der Waals surface area contributed by atoms with E-state index < -0.39 is 0 Å². The van der Waals surface area contributed by atoms with Gasteiger partial charge in [-0.1, -0.05) is 0 Å². The van der Waals surface area contributed by atoms with Crippen molar-refractivity contribution in [3.05, 3.63) is 24.7 Å². The zero-order valence-electron chi connectivity index (χ0n) is 9.49. The second-order valence-electron chi connectivity index (χ2n) is 3.71. The third kappa shape index (κ3) is 1.45. The fourth-order valence-corrected chi connectivity index (χ4v) is 1.73. The Morgan fingerprint density at radius 3 is 2.94 bits per heavy atom. The maximum atomic E-state index is 11.4. The largest absolute Gasteiger partial charge is 0.463 e. The number of anilines is 1. The van der Waals surface area contributed by atoms with Crippen LogP contribution in [0.3, 0.4) is 0 Å². The summed E-state index contributed by atoms with van der Waals surface area (Å²) in [6.07, 6.45) is 2.93. The molecule has 0 radical (unpaired) electrons. The lowest BCUT2D eigenvalue weighted by atomic mass is 10.3. The average Bonchev–Trinajstić information content (AvgIpc) is 2.96. The predicted molar refractivity (Wildman–Crippen MR) is 63.7 cm³/mol. The summed E-state index contributed by atoms with van der Waals surface area (Å²) in [5.74, 6) is 0.404. The van der Waals surface area contributed by atoms with Gasteiger partial charge in [0.05, 0.1) is 6.26 Å². The first-order chi connectivity index (χ1) is 8.66. The lowest BCUT2D eigenvalue weighted by molar-refractivity contribution is 0.0940. The first-order valence-electron chi connectivity index (χ1n) is 5.22. The summed E-state index contributed by atoms with van der Waals surface area (Å²) in [6, 6.07) is 3.48. The summed E-state index contributed by atoms with van der Waals surface area (Å²) in [5, 5.41) is 0. The van der Waals surface area contributed by atoms with Crippen LogP contribution < -0.4 is 5.73 Å². The third-order valence-electron chi connectivity index (χ3n) is 2.51. The van der Waals surface area contributed by atoms with E-state index >= 15 is 0 Å². The van der Waals surface area contributed by atoms with Gasteiger partial charge in [0, 0.05) is 6.92 Å². The van der Waals surface area contributed by atoms with Crippen LogP contribution in [0, 0.1) is 0 Å². The molecule has 3 aromatic heterocycles. The van der Waals surface area contributed by atoms with E-state index in [1.807, 2.05) is 0 Å². The number of aromatic nitrogens is 4. The van der Waals surface area contributed by atoms with Crippen LogP contribution in [0.1, 0.15) is 11.7 Å². The Labute approximate surface area is 101 Å². The highest BCUT2D eigenvalue weighted by Crippen LogP contribution is 2.25. The van der Waals surface area contributed by atoms with Crippen LogP contribution in [-0.2, 0) is 0 Å². The first-order valence-corrected chi connectivity index (χ1v) is 5.22. The highest BCUT2D eigenvalue weighted by molar-refractivity contribution is 5.93. The molecule has 0 saturated heterocycles. The average molecular weight is 243 g/mol. The third-order valence-corrected chi connectivity index (χ3v) is 2.51. The van der Waals surface area contributed by atoms with Crippen molar-refractivity contribution < 1.29 is 9.21 Å². The van der Waals surface area contributed by atoms with E-state index in [0.717, 1.165) is 0 Å². The number of rotatable bonds is 1. The monoisotopic (exact) mass is 243 g/mol. The number of carbonyl (C=O) groups excluding carboxylic acids is 1. The minimum Gasteiger partial charge on any atom is -0.463 e. The van der Waals surface area contributed by atoms with Crippen molar-refractivity contribution in [1.82, 2.24) is 19.5 Å². The van der Waals surface area contributed by atoms with Gasteiger partial charge in [-0.2, -0.15) is 4.98 Å². The van der Waals surface area contributed by atoms with Gasteiger partial charge in [0.25, 0.3) is 0 Å². The number of nitrogen functional groups attached to an aromatic ring is 1. The molecule has 0 atom stereocenters. The van der Waals surface area contributed by atoms with Crippen LogP contribution in [-0.4, -0.2) is 25.4 Å². The van der Waals surface area contributed by atoms with E-state index in [2.05, 4.69) is 15.0 Å². The molecule has 3 rings (SSSR count). The van der Waals surface area contributed by atoms with E-state index in [1.54, 1.807) is 12.1 Å². The predicted octanol–water partition coefficient (Wildman–Crippen LogP) is 1.33. The van der Waals surface area contributed by atoms with Crippen molar-refractivity contribution >= 4 is 23.0 Å². The maximum Gasteiger partial charge on any atom is 0.230 e. The van der Waals surface area contributed by atoms with Crippen LogP contribution >= 0.6 is 0 Å². The van der Waals surface area contributed by atoms with Gasteiger partial charge < -0.3 is 10.2 Å². The van der Waals surface area contributed by atoms with Crippen molar-refractivity contribution in [1.29, 1.82) is 0 Å². The van der Waals surface area contributed by atoms with Crippen molar-refractivity contribution in [2.75, 3.05) is 5.73 Å². The fraction of sp³-hybridized carbons (Fsp3) is 0.0909. The number of nitrogens with two attached hydrogens (primary N) is 1. The number of nitrogens with zero attached hydrogens (tertiary/aromatic N) is 4. The zero-order valence-corrected chi connectivity index (χ0v) is 9.49. The molecule has 0 spiro atoms. The molecule has 0 amide bonds. The quantitative estimate of drug-likeness (QED) is 0.692. The molecule has 0 aliphatic carbocycles. The number of imidazole rings is 1. The number of fused-ring (bicyclic) bond motifs is 1. The van der Waals surface area contributed by atoms with Gasteiger partial charge in [0.2, 0.25) is 11.9 Å². The molecule has 0 unspecified atom stereocenters. The first kappa shape index (κ1) is 10.5. The van der Waals surface area contributed by atoms with Crippen molar-refractivity contribution in [3.63, 3.8) is 0 Å². The van der Waals surface area contributed by atoms with Gasteiger partial charge in [-0.15, -0.1) is 0 Å². The fourth-order valence-electron chi connectivity index (χ4n) is 1.73. The minimum atomic E-state index is -0.194. The molecule has 3 aromatic rings. The molecule has 2 N–H and O–H groups in total. The van der Waals surface area contributed by atoms with Crippen LogP contribution in [0.5, 0.6) is 0 Å². The molecule has 0 aromatic carbocycles. The Morgan fingerprint density at radius 1 is 1.44 bits per heavy atom. The van der Waals surface area contributed by atoms with Crippen molar-refractivity contribution in [2.45, 2.75) is 6.92 Å². The van der Waals surface area contributed by atoms with Gasteiger partial charge >= 0.3 is 0 Å². The zero-order chi connectivity index (χ0) is 12.7. The van der Waals surface area contributed by atoms with E-state index in [-0.39, 0.29) is 11.9 Å². The molecule has 0 aliphatic heterocycles. The molecule has 18 heavy (non-hydrogen) atoms. The van der Waals surface area contributed by atoms with Gasteiger partial charge in [-0.3, -0.25) is 9.36 Å².